The van der Waals surface area contributed by atoms with Crippen molar-refractivity contribution in [1.82, 2.24) is 10.0 Å². The van der Waals surface area contributed by atoms with Crippen LogP contribution in [0.3, 0.4) is 0 Å². The quantitative estimate of drug-likeness (QED) is 0.845. The van der Waals surface area contributed by atoms with Gasteiger partial charge in [-0.3, -0.25) is 5.32 Å². The maximum atomic E-state index is 12.0. The zero-order valence-corrected chi connectivity index (χ0v) is 13.4. The van der Waals surface area contributed by atoms with E-state index in [1.54, 1.807) is 30.3 Å². The minimum absolute atomic E-state index is 0.00593. The molecule has 0 heterocycles. The molecule has 0 aromatic heterocycles. The Morgan fingerprint density at radius 2 is 1.59 bits per heavy atom. The van der Waals surface area contributed by atoms with E-state index in [0.29, 0.717) is 5.56 Å². The van der Waals surface area contributed by atoms with Crippen molar-refractivity contribution in [3.05, 3.63) is 65.7 Å². The van der Waals surface area contributed by atoms with Crippen molar-refractivity contribution in [3.8, 4) is 0 Å². The van der Waals surface area contributed by atoms with Gasteiger partial charge in [0.1, 0.15) is 4.99 Å². The van der Waals surface area contributed by atoms with Gasteiger partial charge in [0.05, 0.1) is 4.90 Å². The summed E-state index contributed by atoms with van der Waals surface area (Å²) in [4.78, 5) is 12.0. The Kier molecular flexibility index (Phi) is 4.89. The van der Waals surface area contributed by atoms with E-state index in [2.05, 4.69) is 5.32 Å². The van der Waals surface area contributed by atoms with E-state index in [-0.39, 0.29) is 9.88 Å². The lowest BCUT2D eigenvalue weighted by molar-refractivity contribution is 0.250. The average Bonchev–Trinajstić information content (AvgIpc) is 2.48. The summed E-state index contributed by atoms with van der Waals surface area (Å²) < 4.78 is 25.9. The Bertz CT molecular complexity index is 785. The second-order valence-corrected chi connectivity index (χ2v) is 6.66. The number of rotatable bonds is 3. The van der Waals surface area contributed by atoms with Crippen molar-refractivity contribution in [3.63, 3.8) is 0 Å². The first kappa shape index (κ1) is 16.1. The molecule has 0 saturated carbocycles. The third kappa shape index (κ3) is 4.12. The van der Waals surface area contributed by atoms with Gasteiger partial charge in [-0.15, -0.1) is 0 Å². The zero-order valence-electron chi connectivity index (χ0n) is 11.7. The molecule has 2 aromatic carbocycles. The van der Waals surface area contributed by atoms with Crippen LogP contribution in [0, 0.1) is 6.92 Å². The van der Waals surface area contributed by atoms with Crippen LogP contribution in [-0.4, -0.2) is 19.4 Å². The Labute approximate surface area is 134 Å². The molecule has 2 amide bonds. The molecule has 0 aliphatic heterocycles. The van der Waals surface area contributed by atoms with Crippen LogP contribution in [0.15, 0.2) is 59.5 Å². The van der Waals surface area contributed by atoms with Crippen LogP contribution >= 0.6 is 12.2 Å². The van der Waals surface area contributed by atoms with E-state index in [9.17, 15) is 13.2 Å². The van der Waals surface area contributed by atoms with Gasteiger partial charge in [-0.25, -0.2) is 17.9 Å². The summed E-state index contributed by atoms with van der Waals surface area (Å²) in [6.45, 7) is 1.93. The molecule has 0 aliphatic rings. The van der Waals surface area contributed by atoms with Crippen molar-refractivity contribution < 1.29 is 13.2 Å². The highest BCUT2D eigenvalue weighted by Gasteiger charge is 2.17. The number of sulfonamides is 1. The molecule has 0 bridgehead atoms. The van der Waals surface area contributed by atoms with Crippen LogP contribution in [0.25, 0.3) is 0 Å². The topological polar surface area (TPSA) is 75.3 Å². The van der Waals surface area contributed by atoms with Crippen LogP contribution in [0.4, 0.5) is 4.79 Å². The van der Waals surface area contributed by atoms with Crippen LogP contribution in [0.5, 0.6) is 0 Å². The number of carbonyl (C=O) groups is 1. The molecule has 0 unspecified atom stereocenters. The number of benzene rings is 2. The largest absolute Gasteiger partial charge is 0.333 e. The van der Waals surface area contributed by atoms with Gasteiger partial charge in [-0.1, -0.05) is 60.2 Å². The molecule has 0 spiro atoms. The second kappa shape index (κ2) is 6.67. The molecule has 0 fully saturated rings. The highest BCUT2D eigenvalue weighted by molar-refractivity contribution is 7.90. The number of hydrogen-bond donors (Lipinski definition) is 2. The lowest BCUT2D eigenvalue weighted by atomic mass is 10.1. The number of carbonyl (C=O) groups excluding carboxylic acids is 1. The average molecular weight is 334 g/mol. The lowest BCUT2D eigenvalue weighted by Crippen LogP contribution is -2.42. The molecule has 0 radical (unpaired) electrons. The van der Waals surface area contributed by atoms with Crippen LogP contribution in [-0.2, 0) is 10.0 Å². The summed E-state index contributed by atoms with van der Waals surface area (Å²) in [6, 6.07) is 13.9. The van der Waals surface area contributed by atoms with Gasteiger partial charge >= 0.3 is 6.03 Å². The highest BCUT2D eigenvalue weighted by Crippen LogP contribution is 2.07. The predicted molar refractivity (Wildman–Crippen MR) is 88.2 cm³/mol. The number of amides is 2. The lowest BCUT2D eigenvalue weighted by Gasteiger charge is -2.09. The van der Waals surface area contributed by atoms with Crippen molar-refractivity contribution in [2.24, 2.45) is 0 Å². The van der Waals surface area contributed by atoms with Gasteiger partial charge in [0.25, 0.3) is 10.0 Å². The Morgan fingerprint density at radius 1 is 1.00 bits per heavy atom. The number of hydrogen-bond acceptors (Lipinski definition) is 4. The molecule has 0 aliphatic carbocycles. The van der Waals surface area contributed by atoms with Crippen LogP contribution < -0.4 is 10.0 Å². The van der Waals surface area contributed by atoms with Gasteiger partial charge in [0, 0.05) is 5.56 Å². The third-order valence-electron chi connectivity index (χ3n) is 2.82. The molecular formula is C15H14N2O3S2. The maximum absolute atomic E-state index is 12.0. The van der Waals surface area contributed by atoms with E-state index < -0.39 is 16.1 Å². The van der Waals surface area contributed by atoms with Gasteiger partial charge < -0.3 is 0 Å². The van der Waals surface area contributed by atoms with Crippen molar-refractivity contribution >= 4 is 33.3 Å². The first-order valence-electron chi connectivity index (χ1n) is 6.38. The molecule has 22 heavy (non-hydrogen) atoms. The summed E-state index contributed by atoms with van der Waals surface area (Å²) in [7, 11) is -3.92. The SMILES string of the molecule is Cc1ccc(C(=S)NC(=O)NS(=O)(=O)c2ccccc2)cc1. The van der Waals surface area contributed by atoms with E-state index in [4.69, 9.17) is 12.2 Å². The standard InChI is InChI=1S/C15H14N2O3S2/c1-11-7-9-12(10-8-11)14(21)16-15(18)17-22(19,20)13-5-3-2-4-6-13/h2-10H,1H3,(H2,16,17,18,21). The van der Waals surface area contributed by atoms with Gasteiger partial charge in [0.15, 0.2) is 0 Å². The van der Waals surface area contributed by atoms with Gasteiger partial charge in [0.2, 0.25) is 0 Å². The highest BCUT2D eigenvalue weighted by atomic mass is 32.2. The Morgan fingerprint density at radius 3 is 2.18 bits per heavy atom. The first-order valence-corrected chi connectivity index (χ1v) is 8.27. The fourth-order valence-corrected chi connectivity index (χ4v) is 2.84. The number of nitrogens with one attached hydrogen (secondary N) is 2. The monoisotopic (exact) mass is 334 g/mol. The fraction of sp³-hybridized carbons (Fsp3) is 0.0667. The van der Waals surface area contributed by atoms with Crippen LogP contribution in [0.1, 0.15) is 11.1 Å². The number of urea groups is 1. The smallest absolute Gasteiger partial charge is 0.297 e. The van der Waals surface area contributed by atoms with E-state index in [1.807, 2.05) is 23.8 Å². The normalized spacial score (nSPS) is 10.8. The Hall–Kier alpha value is -2.25. The summed E-state index contributed by atoms with van der Waals surface area (Å²) in [5, 5.41) is 2.34. The Balaban J connectivity index is 2.04. The molecule has 2 N–H and O–H groups in total. The van der Waals surface area contributed by atoms with E-state index >= 15 is 0 Å². The summed E-state index contributed by atoms with van der Waals surface area (Å²) in [5.74, 6) is 0. The fourth-order valence-electron chi connectivity index (χ4n) is 1.69. The molecule has 7 heteroatoms. The minimum Gasteiger partial charge on any atom is -0.297 e. The molecule has 0 saturated heterocycles. The van der Waals surface area contributed by atoms with Crippen molar-refractivity contribution in [1.29, 1.82) is 0 Å². The molecule has 0 atom stereocenters. The summed E-state index contributed by atoms with van der Waals surface area (Å²) in [5.41, 5.74) is 1.69. The van der Waals surface area contributed by atoms with Crippen LogP contribution in [0.2, 0.25) is 0 Å². The van der Waals surface area contributed by atoms with E-state index in [0.717, 1.165) is 5.56 Å². The summed E-state index contributed by atoms with van der Waals surface area (Å²) >= 11 is 5.08. The van der Waals surface area contributed by atoms with Gasteiger partial charge in [-0.2, -0.15) is 0 Å². The van der Waals surface area contributed by atoms with Crippen molar-refractivity contribution in [2.75, 3.05) is 0 Å². The zero-order chi connectivity index (χ0) is 16.2. The second-order valence-electron chi connectivity index (χ2n) is 4.57. The first-order chi connectivity index (χ1) is 10.4. The molecule has 114 valence electrons. The maximum Gasteiger partial charge on any atom is 0.333 e. The van der Waals surface area contributed by atoms with Crippen molar-refractivity contribution in [2.45, 2.75) is 11.8 Å². The molecule has 2 rings (SSSR count). The molecular weight excluding hydrogens is 320 g/mol. The van der Waals surface area contributed by atoms with Gasteiger partial charge in [-0.05, 0) is 19.1 Å². The summed E-state index contributed by atoms with van der Waals surface area (Å²) in [6.07, 6.45) is 0. The molecule has 5 nitrogen and oxygen atoms in total. The minimum atomic E-state index is -3.92. The predicted octanol–water partition coefficient (Wildman–Crippen LogP) is 2.36. The number of thiocarbonyl (C=S) groups is 1. The van der Waals surface area contributed by atoms with E-state index in [1.165, 1.54) is 12.1 Å². The molecule has 2 aromatic rings. The number of aryl methyl sites for hydroxylation is 1. The third-order valence-corrected chi connectivity index (χ3v) is 4.51.